The smallest absolute Gasteiger partial charge is 0.283 e. The van der Waals surface area contributed by atoms with E-state index in [2.05, 4.69) is 15.4 Å². The predicted octanol–water partition coefficient (Wildman–Crippen LogP) is 0.718. The van der Waals surface area contributed by atoms with Gasteiger partial charge in [-0.2, -0.15) is 0 Å². The molecule has 0 radical (unpaired) electrons. The van der Waals surface area contributed by atoms with Gasteiger partial charge in [0.05, 0.1) is 17.9 Å². The van der Waals surface area contributed by atoms with Crippen LogP contribution >= 0.6 is 22.6 Å². The van der Waals surface area contributed by atoms with Crippen LogP contribution in [0.25, 0.3) is 0 Å². The van der Waals surface area contributed by atoms with Crippen molar-refractivity contribution in [2.45, 2.75) is 13.0 Å². The molecule has 0 fully saturated rings. The van der Waals surface area contributed by atoms with Crippen LogP contribution < -0.4 is 0 Å². The van der Waals surface area contributed by atoms with E-state index in [-0.39, 0.29) is 3.91 Å². The fourth-order valence-corrected chi connectivity index (χ4v) is 1.67. The first-order valence-electron chi connectivity index (χ1n) is 3.60. The Hall–Kier alpha value is -0.660. The normalized spacial score (nSPS) is 15.9. The van der Waals surface area contributed by atoms with E-state index in [1.807, 2.05) is 0 Å². The summed E-state index contributed by atoms with van der Waals surface area (Å²) < 4.78 is 0.0767. The lowest BCUT2D eigenvalue weighted by atomic mass is 10.2. The number of amides is 1. The minimum Gasteiger partial charge on any atom is -0.328 e. The molecule has 1 N–H and O–H groups in total. The maximum Gasteiger partial charge on any atom is 0.283 e. The number of aromatic amines is 1. The summed E-state index contributed by atoms with van der Waals surface area (Å²) in [6.07, 6.45) is 0.806. The first-order chi connectivity index (χ1) is 5.77. The molecule has 1 amide bonds. The summed E-state index contributed by atoms with van der Waals surface area (Å²) in [5, 5.41) is 10.4. The number of halogens is 1. The molecular weight excluding hydrogens is 271 g/mol. The topological polar surface area (TPSA) is 61.9 Å². The minimum atomic E-state index is 0.0767. The van der Waals surface area contributed by atoms with Crippen LogP contribution in [0.1, 0.15) is 11.4 Å². The third-order valence-corrected chi connectivity index (χ3v) is 2.60. The number of carbonyl (C=O) groups is 1. The first-order valence-corrected chi connectivity index (χ1v) is 4.68. The van der Waals surface area contributed by atoms with Gasteiger partial charge in [0.25, 0.3) is 3.91 Å². The number of carbonyl (C=O) groups excluding carboxylic acids is 1. The molecule has 12 heavy (non-hydrogen) atoms. The van der Waals surface area contributed by atoms with Crippen LogP contribution in [0.5, 0.6) is 0 Å². The summed E-state index contributed by atoms with van der Waals surface area (Å²) in [5.74, 6) is 0. The number of nitrogens with one attached hydrogen (secondary N) is 1. The second-order valence-corrected chi connectivity index (χ2v) is 3.58. The summed E-state index contributed by atoms with van der Waals surface area (Å²) in [5.41, 5.74) is 1.95. The summed E-state index contributed by atoms with van der Waals surface area (Å²) >= 11 is 1.79. The predicted molar refractivity (Wildman–Crippen MR) is 49.9 cm³/mol. The van der Waals surface area contributed by atoms with Crippen molar-refractivity contribution in [1.29, 1.82) is 0 Å². The van der Waals surface area contributed by atoms with E-state index in [9.17, 15) is 4.79 Å². The largest absolute Gasteiger partial charge is 0.328 e. The van der Waals surface area contributed by atoms with Gasteiger partial charge in [0, 0.05) is 35.6 Å². The zero-order valence-electron chi connectivity index (χ0n) is 6.25. The number of H-pyrrole nitrogens is 1. The van der Waals surface area contributed by atoms with Crippen LogP contribution in [0.4, 0.5) is 4.79 Å². The van der Waals surface area contributed by atoms with Crippen LogP contribution in [0.3, 0.4) is 0 Å². The minimum absolute atomic E-state index is 0.0767. The third kappa shape index (κ3) is 1.30. The summed E-state index contributed by atoms with van der Waals surface area (Å²) in [6.45, 7) is 1.37. The van der Waals surface area contributed by atoms with Crippen molar-refractivity contribution in [2.24, 2.45) is 0 Å². The van der Waals surface area contributed by atoms with Crippen LogP contribution in [-0.4, -0.2) is 30.8 Å². The van der Waals surface area contributed by atoms with E-state index < -0.39 is 0 Å². The molecule has 0 spiro atoms. The van der Waals surface area contributed by atoms with Crippen molar-refractivity contribution in [3.8, 4) is 0 Å². The Morgan fingerprint density at radius 3 is 3.25 bits per heavy atom. The zero-order chi connectivity index (χ0) is 8.55. The van der Waals surface area contributed by atoms with E-state index in [0.717, 1.165) is 24.4 Å². The fourth-order valence-electron chi connectivity index (χ4n) is 1.26. The molecule has 64 valence electrons. The average molecular weight is 278 g/mol. The van der Waals surface area contributed by atoms with Gasteiger partial charge in [-0.15, -0.1) is 5.10 Å². The Kier molecular flexibility index (Phi) is 1.99. The highest BCUT2D eigenvalue weighted by atomic mass is 127. The van der Waals surface area contributed by atoms with Crippen LogP contribution in [0.15, 0.2) is 0 Å². The van der Waals surface area contributed by atoms with E-state index in [0.29, 0.717) is 6.54 Å². The van der Waals surface area contributed by atoms with Gasteiger partial charge in [0.15, 0.2) is 0 Å². The monoisotopic (exact) mass is 278 g/mol. The van der Waals surface area contributed by atoms with Crippen molar-refractivity contribution >= 4 is 26.5 Å². The van der Waals surface area contributed by atoms with Crippen molar-refractivity contribution < 1.29 is 4.79 Å². The van der Waals surface area contributed by atoms with Crippen molar-refractivity contribution in [3.05, 3.63) is 11.4 Å². The number of aromatic nitrogens is 3. The van der Waals surface area contributed by atoms with Gasteiger partial charge in [-0.1, -0.05) is 5.21 Å². The van der Waals surface area contributed by atoms with E-state index >= 15 is 0 Å². The van der Waals surface area contributed by atoms with E-state index in [4.69, 9.17) is 0 Å². The standard InChI is InChI=1S/C6H7IN4O/c7-6(12)11-2-1-4-5(3-11)9-10-8-4/h1-3H2,(H,8,9,10). The van der Waals surface area contributed by atoms with Gasteiger partial charge in [-0.3, -0.25) is 9.89 Å². The number of hydrogen-bond donors (Lipinski definition) is 1. The highest BCUT2D eigenvalue weighted by Gasteiger charge is 2.20. The molecule has 0 aliphatic carbocycles. The number of nitrogens with zero attached hydrogens (tertiary/aromatic N) is 3. The third-order valence-electron chi connectivity index (χ3n) is 1.92. The lowest BCUT2D eigenvalue weighted by Gasteiger charge is -2.22. The zero-order valence-corrected chi connectivity index (χ0v) is 8.41. The molecule has 0 bridgehead atoms. The van der Waals surface area contributed by atoms with Gasteiger partial charge in [-0.05, 0) is 0 Å². The second-order valence-electron chi connectivity index (χ2n) is 2.66. The van der Waals surface area contributed by atoms with Crippen molar-refractivity contribution in [1.82, 2.24) is 20.3 Å². The number of rotatable bonds is 0. The molecule has 1 aliphatic heterocycles. The quantitative estimate of drug-likeness (QED) is 0.432. The summed E-state index contributed by atoms with van der Waals surface area (Å²) in [6, 6.07) is 0. The maximum absolute atomic E-state index is 11.0. The molecule has 2 rings (SSSR count). The molecular formula is C6H7IN4O. The SMILES string of the molecule is O=C(I)N1CCc2nn[nH]c2C1. The molecule has 0 saturated heterocycles. The van der Waals surface area contributed by atoms with Crippen molar-refractivity contribution in [3.63, 3.8) is 0 Å². The van der Waals surface area contributed by atoms with Gasteiger partial charge in [-0.25, -0.2) is 0 Å². The number of fused-ring (bicyclic) bond motifs is 1. The highest BCUT2D eigenvalue weighted by molar-refractivity contribution is 14.1. The molecule has 0 aromatic carbocycles. The van der Waals surface area contributed by atoms with Gasteiger partial charge < -0.3 is 4.90 Å². The lowest BCUT2D eigenvalue weighted by Crippen LogP contribution is -2.32. The van der Waals surface area contributed by atoms with E-state index in [1.165, 1.54) is 0 Å². The highest BCUT2D eigenvalue weighted by Crippen LogP contribution is 2.15. The lowest BCUT2D eigenvalue weighted by molar-refractivity contribution is 0.220. The molecule has 2 heterocycles. The molecule has 0 saturated carbocycles. The van der Waals surface area contributed by atoms with Crippen LogP contribution in [0.2, 0.25) is 0 Å². The molecule has 1 aromatic rings. The van der Waals surface area contributed by atoms with Gasteiger partial charge >= 0.3 is 0 Å². The van der Waals surface area contributed by atoms with Gasteiger partial charge in [0.2, 0.25) is 0 Å². The molecule has 6 heteroatoms. The molecule has 1 aliphatic rings. The molecule has 0 unspecified atom stereocenters. The van der Waals surface area contributed by atoms with Crippen LogP contribution in [0, 0.1) is 0 Å². The Bertz CT molecular complexity index is 310. The second kappa shape index (κ2) is 3.00. The Morgan fingerprint density at radius 1 is 1.67 bits per heavy atom. The summed E-state index contributed by atoms with van der Waals surface area (Å²) in [7, 11) is 0. The summed E-state index contributed by atoms with van der Waals surface area (Å²) in [4.78, 5) is 12.8. The first kappa shape index (κ1) is 7.96. The molecule has 1 aromatic heterocycles. The Balaban J connectivity index is 2.20. The Labute approximate surface area is 82.7 Å². The van der Waals surface area contributed by atoms with Gasteiger partial charge in [0.1, 0.15) is 0 Å². The van der Waals surface area contributed by atoms with Crippen LogP contribution in [-0.2, 0) is 13.0 Å². The maximum atomic E-state index is 11.0. The van der Waals surface area contributed by atoms with Crippen molar-refractivity contribution in [2.75, 3.05) is 6.54 Å². The number of hydrogen-bond acceptors (Lipinski definition) is 3. The fraction of sp³-hybridized carbons (Fsp3) is 0.500. The Morgan fingerprint density at radius 2 is 2.50 bits per heavy atom. The molecule has 0 atom stereocenters. The average Bonchev–Trinajstić information content (AvgIpc) is 2.49. The van der Waals surface area contributed by atoms with E-state index in [1.54, 1.807) is 27.5 Å². The molecule has 5 nitrogen and oxygen atoms in total.